The topological polar surface area (TPSA) is 118 Å². The van der Waals surface area contributed by atoms with Gasteiger partial charge in [-0.3, -0.25) is 19.6 Å². The third-order valence-corrected chi connectivity index (χ3v) is 5.19. The molecule has 0 saturated carbocycles. The minimum absolute atomic E-state index is 0.0759. The summed E-state index contributed by atoms with van der Waals surface area (Å²) >= 11 is 0. The number of rotatable bonds is 6. The van der Waals surface area contributed by atoms with E-state index in [4.69, 9.17) is 0 Å². The number of nitro benzene ring substituents is 1. The molecule has 0 aliphatic rings. The maximum absolute atomic E-state index is 12.3. The minimum atomic E-state index is -3.71. The summed E-state index contributed by atoms with van der Waals surface area (Å²) in [6, 6.07) is 19.3. The lowest BCUT2D eigenvalue weighted by Gasteiger charge is -2.09. The molecule has 0 aliphatic carbocycles. The van der Waals surface area contributed by atoms with Gasteiger partial charge in [-0.2, -0.15) is 0 Å². The Morgan fingerprint density at radius 3 is 1.96 bits per heavy atom. The van der Waals surface area contributed by atoms with Crippen molar-refractivity contribution in [3.8, 4) is 0 Å². The molecular formula is C19H15N3O5S. The predicted molar refractivity (Wildman–Crippen MR) is 105 cm³/mol. The first-order valence-corrected chi connectivity index (χ1v) is 9.57. The van der Waals surface area contributed by atoms with E-state index in [1.54, 1.807) is 18.2 Å². The van der Waals surface area contributed by atoms with Gasteiger partial charge in [0.1, 0.15) is 0 Å². The van der Waals surface area contributed by atoms with Crippen molar-refractivity contribution in [2.75, 3.05) is 10.0 Å². The van der Waals surface area contributed by atoms with Gasteiger partial charge >= 0.3 is 0 Å². The second kappa shape index (κ2) is 7.89. The number of anilines is 2. The van der Waals surface area contributed by atoms with Crippen LogP contribution in [-0.2, 0) is 10.0 Å². The highest BCUT2D eigenvalue weighted by atomic mass is 32.2. The van der Waals surface area contributed by atoms with Crippen molar-refractivity contribution in [2.45, 2.75) is 4.90 Å². The summed E-state index contributed by atoms with van der Waals surface area (Å²) in [6.45, 7) is 0. The van der Waals surface area contributed by atoms with Crippen LogP contribution in [0.4, 0.5) is 17.1 Å². The van der Waals surface area contributed by atoms with E-state index in [-0.39, 0.29) is 10.6 Å². The maximum atomic E-state index is 12.3. The van der Waals surface area contributed by atoms with Crippen molar-refractivity contribution >= 4 is 33.0 Å². The number of nitro groups is 1. The van der Waals surface area contributed by atoms with Crippen molar-refractivity contribution < 1.29 is 18.1 Å². The van der Waals surface area contributed by atoms with Crippen LogP contribution in [-0.4, -0.2) is 19.2 Å². The molecule has 0 fully saturated rings. The van der Waals surface area contributed by atoms with Crippen LogP contribution in [0.1, 0.15) is 10.4 Å². The highest BCUT2D eigenvalue weighted by Gasteiger charge is 2.14. The van der Waals surface area contributed by atoms with Gasteiger partial charge in [0.15, 0.2) is 0 Å². The quantitative estimate of drug-likeness (QED) is 0.486. The Hall–Kier alpha value is -3.72. The molecule has 0 heterocycles. The van der Waals surface area contributed by atoms with E-state index in [2.05, 4.69) is 10.0 Å². The zero-order valence-electron chi connectivity index (χ0n) is 14.4. The van der Waals surface area contributed by atoms with Gasteiger partial charge in [0.2, 0.25) is 0 Å². The zero-order chi connectivity index (χ0) is 20.1. The summed E-state index contributed by atoms with van der Waals surface area (Å²) < 4.78 is 27.0. The molecule has 0 aliphatic heterocycles. The summed E-state index contributed by atoms with van der Waals surface area (Å²) in [5.74, 6) is -0.425. The molecule has 3 rings (SSSR count). The Bertz CT molecular complexity index is 1100. The summed E-state index contributed by atoms with van der Waals surface area (Å²) in [5, 5.41) is 13.3. The van der Waals surface area contributed by atoms with E-state index < -0.39 is 20.9 Å². The van der Waals surface area contributed by atoms with Crippen LogP contribution in [0.25, 0.3) is 0 Å². The number of benzene rings is 3. The number of amides is 1. The van der Waals surface area contributed by atoms with E-state index in [0.29, 0.717) is 16.9 Å². The Balaban J connectivity index is 1.68. The molecule has 0 unspecified atom stereocenters. The van der Waals surface area contributed by atoms with E-state index in [1.165, 1.54) is 60.7 Å². The molecule has 3 aromatic carbocycles. The number of non-ortho nitro benzene ring substituents is 1. The van der Waals surface area contributed by atoms with Crippen LogP contribution in [0.2, 0.25) is 0 Å². The van der Waals surface area contributed by atoms with Gasteiger partial charge < -0.3 is 5.32 Å². The van der Waals surface area contributed by atoms with E-state index >= 15 is 0 Å². The Kier molecular flexibility index (Phi) is 5.37. The monoisotopic (exact) mass is 397 g/mol. The Morgan fingerprint density at radius 1 is 0.821 bits per heavy atom. The molecule has 0 saturated heterocycles. The van der Waals surface area contributed by atoms with Crippen molar-refractivity contribution in [3.63, 3.8) is 0 Å². The molecule has 8 nitrogen and oxygen atoms in total. The zero-order valence-corrected chi connectivity index (χ0v) is 15.2. The molecule has 0 atom stereocenters. The second-order valence-corrected chi connectivity index (χ2v) is 7.44. The van der Waals surface area contributed by atoms with Gasteiger partial charge in [0, 0.05) is 29.1 Å². The van der Waals surface area contributed by atoms with Gasteiger partial charge in [-0.1, -0.05) is 18.2 Å². The van der Waals surface area contributed by atoms with E-state index in [0.717, 1.165) is 0 Å². The fraction of sp³-hybridized carbons (Fsp3) is 0. The number of nitrogens with one attached hydrogen (secondary N) is 2. The summed E-state index contributed by atoms with van der Waals surface area (Å²) in [7, 11) is -3.71. The van der Waals surface area contributed by atoms with E-state index in [1.807, 2.05) is 0 Å². The number of hydrogen-bond acceptors (Lipinski definition) is 5. The molecule has 3 aromatic rings. The van der Waals surface area contributed by atoms with Gasteiger partial charge in [0.25, 0.3) is 21.6 Å². The van der Waals surface area contributed by atoms with Gasteiger partial charge in [-0.25, -0.2) is 8.42 Å². The largest absolute Gasteiger partial charge is 0.322 e. The molecule has 1 amide bonds. The normalized spacial score (nSPS) is 10.9. The molecule has 2 N–H and O–H groups in total. The van der Waals surface area contributed by atoms with Crippen molar-refractivity contribution in [1.29, 1.82) is 0 Å². The Labute approximate surface area is 161 Å². The number of carbonyl (C=O) groups excluding carboxylic acids is 1. The van der Waals surface area contributed by atoms with Crippen LogP contribution >= 0.6 is 0 Å². The van der Waals surface area contributed by atoms with E-state index in [9.17, 15) is 23.3 Å². The second-order valence-electron chi connectivity index (χ2n) is 5.75. The summed E-state index contributed by atoms with van der Waals surface area (Å²) in [6.07, 6.45) is 0. The van der Waals surface area contributed by atoms with Gasteiger partial charge in [0.05, 0.1) is 9.82 Å². The lowest BCUT2D eigenvalue weighted by molar-refractivity contribution is -0.384. The number of nitrogens with zero attached hydrogens (tertiary/aromatic N) is 1. The standard InChI is InChI=1S/C19H15N3O5S/c23-19(20-15-10-12-17(13-11-15)22(24)25)14-6-8-16(9-7-14)21-28(26,27)18-4-2-1-3-5-18/h1-13,21H,(H,20,23). The van der Waals surface area contributed by atoms with Crippen LogP contribution < -0.4 is 10.0 Å². The maximum Gasteiger partial charge on any atom is 0.269 e. The van der Waals surface area contributed by atoms with Crippen LogP contribution in [0, 0.1) is 10.1 Å². The van der Waals surface area contributed by atoms with Gasteiger partial charge in [-0.05, 0) is 48.5 Å². The first-order valence-electron chi connectivity index (χ1n) is 8.09. The lowest BCUT2D eigenvalue weighted by Crippen LogP contribution is -2.14. The third kappa shape index (κ3) is 4.51. The van der Waals surface area contributed by atoms with Crippen molar-refractivity contribution in [2.24, 2.45) is 0 Å². The highest BCUT2D eigenvalue weighted by Crippen LogP contribution is 2.19. The summed E-state index contributed by atoms with van der Waals surface area (Å²) in [4.78, 5) is 22.5. The number of sulfonamides is 1. The molecule has 9 heteroatoms. The smallest absolute Gasteiger partial charge is 0.269 e. The first kappa shape index (κ1) is 19.1. The van der Waals surface area contributed by atoms with Crippen LogP contribution in [0.3, 0.4) is 0 Å². The average molecular weight is 397 g/mol. The first-order chi connectivity index (χ1) is 13.3. The molecule has 142 valence electrons. The molecule has 0 radical (unpaired) electrons. The molecule has 0 bridgehead atoms. The predicted octanol–water partition coefficient (Wildman–Crippen LogP) is 3.65. The number of carbonyl (C=O) groups is 1. The third-order valence-electron chi connectivity index (χ3n) is 3.79. The number of hydrogen-bond donors (Lipinski definition) is 2. The van der Waals surface area contributed by atoms with Crippen molar-refractivity contribution in [1.82, 2.24) is 0 Å². The molecule has 0 aromatic heterocycles. The van der Waals surface area contributed by atoms with Crippen molar-refractivity contribution in [3.05, 3.63) is 94.5 Å². The average Bonchev–Trinajstić information content (AvgIpc) is 2.69. The van der Waals surface area contributed by atoms with Crippen LogP contribution in [0.5, 0.6) is 0 Å². The molecule has 28 heavy (non-hydrogen) atoms. The molecule has 0 spiro atoms. The Morgan fingerprint density at radius 2 is 1.39 bits per heavy atom. The van der Waals surface area contributed by atoms with Gasteiger partial charge in [-0.15, -0.1) is 0 Å². The summed E-state index contributed by atoms with van der Waals surface area (Å²) in [5.41, 5.74) is 0.953. The lowest BCUT2D eigenvalue weighted by atomic mass is 10.2. The molecular weight excluding hydrogens is 382 g/mol. The fourth-order valence-corrected chi connectivity index (χ4v) is 3.45. The highest BCUT2D eigenvalue weighted by molar-refractivity contribution is 7.92. The van der Waals surface area contributed by atoms with Crippen LogP contribution in [0.15, 0.2) is 83.8 Å². The fourth-order valence-electron chi connectivity index (χ4n) is 2.37. The minimum Gasteiger partial charge on any atom is -0.322 e. The SMILES string of the molecule is O=C(Nc1ccc([N+](=O)[O-])cc1)c1ccc(NS(=O)(=O)c2ccccc2)cc1.